The topological polar surface area (TPSA) is 0 Å². The van der Waals surface area contributed by atoms with E-state index in [4.69, 9.17) is 0 Å². The van der Waals surface area contributed by atoms with E-state index in [0.29, 0.717) is 0 Å². The lowest BCUT2D eigenvalue weighted by Crippen LogP contribution is -1.79. The second-order valence-corrected chi connectivity index (χ2v) is 1.86. The van der Waals surface area contributed by atoms with Gasteiger partial charge in [0.2, 0.25) is 5.16 Å². The van der Waals surface area contributed by atoms with Gasteiger partial charge in [0, 0.05) is 0 Å². The first kappa shape index (κ1) is 8.74. The van der Waals surface area contributed by atoms with Crippen molar-refractivity contribution in [2.45, 2.75) is 5.76 Å². The summed E-state index contributed by atoms with van der Waals surface area (Å²) in [6, 6.07) is 0. The molecule has 0 heterocycles. The van der Waals surface area contributed by atoms with Crippen LogP contribution in [0.15, 0.2) is 11.2 Å². The number of hydrogen-bond donors (Lipinski definition) is 0. The molecule has 0 saturated heterocycles. The number of thioether (sulfide) groups is 1. The smallest absolute Gasteiger partial charge is 0.197 e. The van der Waals surface area contributed by atoms with Crippen molar-refractivity contribution in [1.29, 1.82) is 0 Å². The van der Waals surface area contributed by atoms with Gasteiger partial charge in [0.05, 0.1) is 0 Å². The predicted molar refractivity (Wildman–Crippen MR) is 23.9 cm³/mol. The molecule has 0 aliphatic carbocycles. The molecule has 0 N–H and O–H groups in total. The molecule has 0 fully saturated rings. The van der Waals surface area contributed by atoms with Gasteiger partial charge in [-0.2, -0.15) is 22.0 Å². The van der Waals surface area contributed by atoms with Crippen molar-refractivity contribution in [3.63, 3.8) is 0 Å². The first-order chi connectivity index (χ1) is 4.04. The van der Waals surface area contributed by atoms with E-state index in [9.17, 15) is 22.0 Å². The summed E-state index contributed by atoms with van der Waals surface area (Å²) in [6.07, 6.45) is -2.71. The molecule has 0 aliphatic heterocycles. The summed E-state index contributed by atoms with van der Waals surface area (Å²) in [6.45, 7) is 0. The highest BCUT2D eigenvalue weighted by Crippen LogP contribution is 2.28. The van der Waals surface area contributed by atoms with Crippen molar-refractivity contribution < 1.29 is 22.0 Å². The predicted octanol–water partition coefficient (Wildman–Crippen LogP) is 2.98. The Morgan fingerprint density at radius 1 is 1.11 bits per heavy atom. The summed E-state index contributed by atoms with van der Waals surface area (Å²) in [5.41, 5.74) is 0. The fourth-order valence-electron chi connectivity index (χ4n) is 0.123. The van der Waals surface area contributed by atoms with Crippen LogP contribution in [-0.2, 0) is 0 Å². The maximum absolute atomic E-state index is 11.4. The van der Waals surface area contributed by atoms with Gasteiger partial charge in [0.25, 0.3) is 5.76 Å². The van der Waals surface area contributed by atoms with Crippen LogP contribution in [0.3, 0.4) is 0 Å². The molecule has 0 saturated carbocycles. The van der Waals surface area contributed by atoms with Gasteiger partial charge in [-0.05, 0) is 11.8 Å². The number of halogens is 5. The van der Waals surface area contributed by atoms with Gasteiger partial charge < -0.3 is 0 Å². The van der Waals surface area contributed by atoms with Gasteiger partial charge in [-0.1, -0.05) is 0 Å². The Morgan fingerprint density at radius 2 is 1.56 bits per heavy atom. The fourth-order valence-corrected chi connectivity index (χ4v) is 0.368. The number of hydrogen-bond acceptors (Lipinski definition) is 1. The molecular weight excluding hydrogens is 163 g/mol. The zero-order chi connectivity index (χ0) is 7.44. The molecule has 0 aromatic carbocycles. The molecule has 0 bridgehead atoms. The summed E-state index contributed by atoms with van der Waals surface area (Å²) in [7, 11) is 0. The fraction of sp³-hybridized carbons (Fsp3) is 0.333. The van der Waals surface area contributed by atoms with Gasteiger partial charge in [-0.3, -0.25) is 0 Å². The molecule has 0 unspecified atom stereocenters. The molecule has 0 nitrogen and oxygen atoms in total. The third-order valence-electron chi connectivity index (χ3n) is 0.341. The minimum Gasteiger partial charge on any atom is -0.197 e. The van der Waals surface area contributed by atoms with Crippen LogP contribution in [0.25, 0.3) is 0 Å². The summed E-state index contributed by atoms with van der Waals surface area (Å²) in [4.78, 5) is 0. The second-order valence-electron chi connectivity index (χ2n) is 0.913. The van der Waals surface area contributed by atoms with Gasteiger partial charge in [0.15, 0.2) is 0 Å². The van der Waals surface area contributed by atoms with E-state index >= 15 is 0 Å². The van der Waals surface area contributed by atoms with Crippen LogP contribution in [0.4, 0.5) is 22.0 Å². The molecule has 0 spiro atoms. The third kappa shape index (κ3) is 4.26. The summed E-state index contributed by atoms with van der Waals surface area (Å²) in [5, 5.41) is -2.12. The minimum absolute atomic E-state index is 0.808. The average molecular weight is 164 g/mol. The highest BCUT2D eigenvalue weighted by Gasteiger charge is 2.12. The van der Waals surface area contributed by atoms with Crippen molar-refractivity contribution in [2.24, 2.45) is 0 Å². The van der Waals surface area contributed by atoms with E-state index in [2.05, 4.69) is 0 Å². The SMILES string of the molecule is FC(F)=C(F)SC(F)F. The van der Waals surface area contributed by atoms with Crippen molar-refractivity contribution in [1.82, 2.24) is 0 Å². The Kier molecular flexibility index (Phi) is 3.60. The zero-order valence-corrected chi connectivity index (χ0v) is 4.69. The molecule has 0 amide bonds. The van der Waals surface area contributed by atoms with E-state index in [-0.39, 0.29) is 0 Å². The van der Waals surface area contributed by atoms with Crippen LogP contribution in [0.5, 0.6) is 0 Å². The Morgan fingerprint density at radius 3 is 1.67 bits per heavy atom. The number of alkyl halides is 2. The van der Waals surface area contributed by atoms with Crippen molar-refractivity contribution in [3.8, 4) is 0 Å². The Labute approximate surface area is 51.7 Å². The average Bonchev–Trinajstić information content (AvgIpc) is 1.63. The zero-order valence-electron chi connectivity index (χ0n) is 3.88. The van der Waals surface area contributed by atoms with Crippen LogP contribution in [0.1, 0.15) is 0 Å². The summed E-state index contributed by atoms with van der Waals surface area (Å²) < 4.78 is 55.3. The highest BCUT2D eigenvalue weighted by atomic mass is 32.2. The minimum atomic E-state index is -3.13. The van der Waals surface area contributed by atoms with Crippen LogP contribution in [0.2, 0.25) is 0 Å². The van der Waals surface area contributed by atoms with Gasteiger partial charge >= 0.3 is 6.08 Å². The molecule has 0 rings (SSSR count). The lowest BCUT2D eigenvalue weighted by atomic mass is 11.1. The third-order valence-corrected chi connectivity index (χ3v) is 0.881. The van der Waals surface area contributed by atoms with Crippen molar-refractivity contribution >= 4 is 11.8 Å². The van der Waals surface area contributed by atoms with Crippen molar-refractivity contribution in [3.05, 3.63) is 11.2 Å². The Hall–Kier alpha value is -0.260. The Bertz CT molecular complexity index is 115. The molecule has 54 valence electrons. The van der Waals surface area contributed by atoms with Crippen LogP contribution < -0.4 is 0 Å². The molecule has 6 heteroatoms. The van der Waals surface area contributed by atoms with Crippen LogP contribution >= 0.6 is 11.8 Å². The molecule has 0 aliphatic rings. The molecule has 9 heavy (non-hydrogen) atoms. The van der Waals surface area contributed by atoms with E-state index < -0.39 is 28.8 Å². The first-order valence-electron chi connectivity index (χ1n) is 1.69. The van der Waals surface area contributed by atoms with Gasteiger partial charge in [0.1, 0.15) is 0 Å². The van der Waals surface area contributed by atoms with E-state index in [1.807, 2.05) is 0 Å². The Balaban J connectivity index is 3.77. The van der Waals surface area contributed by atoms with Crippen LogP contribution in [0, 0.1) is 0 Å². The second kappa shape index (κ2) is 3.71. The quantitative estimate of drug-likeness (QED) is 0.565. The monoisotopic (exact) mass is 164 g/mol. The molecule has 0 atom stereocenters. The highest BCUT2D eigenvalue weighted by molar-refractivity contribution is 8.03. The molecule has 0 aromatic rings. The molecular formula is C3HF5S. The molecule has 0 aromatic heterocycles. The van der Waals surface area contributed by atoms with Gasteiger partial charge in [-0.15, -0.1) is 0 Å². The maximum Gasteiger partial charge on any atom is 0.312 e. The lowest BCUT2D eigenvalue weighted by molar-refractivity contribution is 0.251. The first-order valence-corrected chi connectivity index (χ1v) is 2.57. The largest absolute Gasteiger partial charge is 0.312 e. The summed E-state index contributed by atoms with van der Waals surface area (Å²) in [5.74, 6) is -3.13. The molecule has 0 radical (unpaired) electrons. The van der Waals surface area contributed by atoms with Crippen LogP contribution in [-0.4, -0.2) is 5.76 Å². The van der Waals surface area contributed by atoms with Crippen molar-refractivity contribution in [2.75, 3.05) is 0 Å². The standard InChI is InChI=1S/C3HF5S/c4-1(5)2(6)9-3(7)8/h3H. The maximum atomic E-state index is 11.4. The number of rotatable bonds is 2. The lowest BCUT2D eigenvalue weighted by Gasteiger charge is -1.91. The normalized spacial score (nSPS) is 10.0. The van der Waals surface area contributed by atoms with E-state index in [1.54, 1.807) is 0 Å². The summed E-state index contributed by atoms with van der Waals surface area (Å²) >= 11 is -0.808. The van der Waals surface area contributed by atoms with E-state index in [0.717, 1.165) is 0 Å². The van der Waals surface area contributed by atoms with E-state index in [1.165, 1.54) is 0 Å². The van der Waals surface area contributed by atoms with Gasteiger partial charge in [-0.25, -0.2) is 0 Å².